The molecular formula is C17H24N2OS. The van der Waals surface area contributed by atoms with E-state index in [9.17, 15) is 4.79 Å². The number of fused-ring (bicyclic) bond motifs is 2. The minimum atomic E-state index is 0.0896. The van der Waals surface area contributed by atoms with Crippen molar-refractivity contribution in [2.45, 2.75) is 51.1 Å². The van der Waals surface area contributed by atoms with Gasteiger partial charge in [-0.2, -0.15) is 0 Å². The van der Waals surface area contributed by atoms with Crippen LogP contribution in [0.5, 0.6) is 0 Å². The summed E-state index contributed by atoms with van der Waals surface area (Å²) in [7, 11) is 0. The van der Waals surface area contributed by atoms with Crippen molar-refractivity contribution in [2.75, 3.05) is 13.1 Å². The Morgan fingerprint density at radius 2 is 2.38 bits per heavy atom. The molecule has 4 unspecified atom stereocenters. The van der Waals surface area contributed by atoms with Gasteiger partial charge in [0, 0.05) is 11.4 Å². The number of rotatable bonds is 2. The third kappa shape index (κ3) is 2.15. The van der Waals surface area contributed by atoms with Gasteiger partial charge >= 0.3 is 0 Å². The summed E-state index contributed by atoms with van der Waals surface area (Å²) in [6.45, 7) is 4.16. The van der Waals surface area contributed by atoms with Crippen LogP contribution in [0.15, 0.2) is 11.4 Å². The molecule has 1 aliphatic carbocycles. The fourth-order valence-electron chi connectivity index (χ4n) is 4.74. The molecule has 0 aromatic carbocycles. The van der Waals surface area contributed by atoms with Gasteiger partial charge in [0.15, 0.2) is 0 Å². The SMILES string of the molecule is CCC1c2ccsc2CCN1C(=O)C1NCC2CCCC21. The molecule has 4 rings (SSSR count). The summed E-state index contributed by atoms with van der Waals surface area (Å²) in [6, 6.07) is 2.62. The van der Waals surface area contributed by atoms with Crippen molar-refractivity contribution in [3.05, 3.63) is 21.9 Å². The van der Waals surface area contributed by atoms with Crippen LogP contribution in [0, 0.1) is 11.8 Å². The Balaban J connectivity index is 1.57. The van der Waals surface area contributed by atoms with Gasteiger partial charge < -0.3 is 10.2 Å². The van der Waals surface area contributed by atoms with Crippen LogP contribution in [-0.4, -0.2) is 29.9 Å². The lowest BCUT2D eigenvalue weighted by Gasteiger charge is -2.38. The van der Waals surface area contributed by atoms with E-state index in [0.29, 0.717) is 17.9 Å². The van der Waals surface area contributed by atoms with Gasteiger partial charge in [0.2, 0.25) is 5.91 Å². The molecule has 1 amide bonds. The summed E-state index contributed by atoms with van der Waals surface area (Å²) in [4.78, 5) is 16.8. The topological polar surface area (TPSA) is 32.3 Å². The quantitative estimate of drug-likeness (QED) is 0.911. The molecule has 0 radical (unpaired) electrons. The van der Waals surface area contributed by atoms with Gasteiger partial charge in [0.25, 0.3) is 0 Å². The fourth-order valence-corrected chi connectivity index (χ4v) is 5.67. The van der Waals surface area contributed by atoms with Crippen molar-refractivity contribution >= 4 is 17.2 Å². The normalized spacial score (nSPS) is 34.8. The molecule has 0 spiro atoms. The number of nitrogens with one attached hydrogen (secondary N) is 1. The van der Waals surface area contributed by atoms with Gasteiger partial charge in [0.1, 0.15) is 0 Å². The van der Waals surface area contributed by atoms with E-state index >= 15 is 0 Å². The Morgan fingerprint density at radius 3 is 3.24 bits per heavy atom. The second kappa shape index (κ2) is 5.40. The molecule has 1 aromatic rings. The van der Waals surface area contributed by atoms with Crippen molar-refractivity contribution in [1.82, 2.24) is 10.2 Å². The van der Waals surface area contributed by atoms with Crippen LogP contribution >= 0.6 is 11.3 Å². The van der Waals surface area contributed by atoms with Crippen molar-refractivity contribution in [2.24, 2.45) is 11.8 Å². The molecule has 1 aromatic heterocycles. The third-order valence-electron chi connectivity index (χ3n) is 5.78. The van der Waals surface area contributed by atoms with Crippen LogP contribution in [-0.2, 0) is 11.2 Å². The monoisotopic (exact) mass is 304 g/mol. The number of amides is 1. The Kier molecular flexibility index (Phi) is 3.54. The maximum absolute atomic E-state index is 13.1. The van der Waals surface area contributed by atoms with Crippen molar-refractivity contribution in [1.29, 1.82) is 0 Å². The fraction of sp³-hybridized carbons (Fsp3) is 0.706. The van der Waals surface area contributed by atoms with Gasteiger partial charge in [-0.3, -0.25) is 4.79 Å². The smallest absolute Gasteiger partial charge is 0.240 e. The molecule has 4 heteroatoms. The summed E-state index contributed by atoms with van der Waals surface area (Å²) >= 11 is 1.85. The van der Waals surface area contributed by atoms with E-state index in [-0.39, 0.29) is 6.04 Å². The first-order chi connectivity index (χ1) is 10.3. The van der Waals surface area contributed by atoms with E-state index in [0.717, 1.165) is 31.8 Å². The molecule has 21 heavy (non-hydrogen) atoms. The van der Waals surface area contributed by atoms with Gasteiger partial charge in [-0.15, -0.1) is 11.3 Å². The molecule has 2 aliphatic heterocycles. The lowest BCUT2D eigenvalue weighted by Crippen LogP contribution is -2.49. The largest absolute Gasteiger partial charge is 0.334 e. The van der Waals surface area contributed by atoms with Gasteiger partial charge in [-0.25, -0.2) is 0 Å². The third-order valence-corrected chi connectivity index (χ3v) is 6.77. The lowest BCUT2D eigenvalue weighted by atomic mass is 9.91. The number of thiophene rings is 1. The Hall–Kier alpha value is -0.870. The molecule has 1 saturated carbocycles. The number of hydrogen-bond donors (Lipinski definition) is 1. The highest BCUT2D eigenvalue weighted by molar-refractivity contribution is 7.10. The predicted octanol–water partition coefficient (Wildman–Crippen LogP) is 2.97. The summed E-state index contributed by atoms with van der Waals surface area (Å²) in [6.07, 6.45) is 5.93. The lowest BCUT2D eigenvalue weighted by molar-refractivity contribution is -0.137. The predicted molar refractivity (Wildman–Crippen MR) is 85.4 cm³/mol. The van der Waals surface area contributed by atoms with E-state index in [1.165, 1.54) is 29.7 Å². The average molecular weight is 304 g/mol. The maximum Gasteiger partial charge on any atom is 0.240 e. The zero-order valence-corrected chi connectivity index (χ0v) is 13.5. The van der Waals surface area contributed by atoms with Crippen molar-refractivity contribution in [3.8, 4) is 0 Å². The number of carbonyl (C=O) groups excluding carboxylic acids is 1. The van der Waals surface area contributed by atoms with Gasteiger partial charge in [-0.1, -0.05) is 13.3 Å². The van der Waals surface area contributed by atoms with Crippen LogP contribution in [0.1, 0.15) is 49.1 Å². The van der Waals surface area contributed by atoms with Gasteiger partial charge in [0.05, 0.1) is 12.1 Å². The summed E-state index contributed by atoms with van der Waals surface area (Å²) in [5.74, 6) is 1.72. The molecule has 0 bridgehead atoms. The summed E-state index contributed by atoms with van der Waals surface area (Å²) in [5.41, 5.74) is 1.41. The molecule has 2 fully saturated rings. The minimum Gasteiger partial charge on any atom is -0.334 e. The van der Waals surface area contributed by atoms with Crippen molar-refractivity contribution < 1.29 is 4.79 Å². The standard InChI is InChI=1S/C17H24N2OS/c1-2-14-13-7-9-21-15(13)6-8-19(14)17(20)16-12-5-3-4-11(12)10-18-16/h7,9,11-12,14,16,18H,2-6,8,10H2,1H3. The van der Waals surface area contributed by atoms with Gasteiger partial charge in [-0.05, 0) is 61.1 Å². The number of carbonyl (C=O) groups is 1. The first kappa shape index (κ1) is 13.8. The zero-order chi connectivity index (χ0) is 14.4. The first-order valence-electron chi connectivity index (χ1n) is 8.39. The minimum absolute atomic E-state index is 0.0896. The maximum atomic E-state index is 13.1. The second-order valence-electron chi connectivity index (χ2n) is 6.75. The first-order valence-corrected chi connectivity index (χ1v) is 9.27. The Bertz CT molecular complexity index is 541. The molecule has 4 atom stereocenters. The summed E-state index contributed by atoms with van der Waals surface area (Å²) < 4.78 is 0. The van der Waals surface area contributed by atoms with E-state index in [1.54, 1.807) is 0 Å². The van der Waals surface area contributed by atoms with E-state index in [4.69, 9.17) is 0 Å². The second-order valence-corrected chi connectivity index (χ2v) is 7.75. The highest BCUT2D eigenvalue weighted by atomic mass is 32.1. The zero-order valence-electron chi connectivity index (χ0n) is 12.7. The van der Waals surface area contributed by atoms with E-state index < -0.39 is 0 Å². The molecular weight excluding hydrogens is 280 g/mol. The van der Waals surface area contributed by atoms with Crippen LogP contribution in [0.25, 0.3) is 0 Å². The number of nitrogens with zero attached hydrogens (tertiary/aromatic N) is 1. The van der Waals surface area contributed by atoms with Crippen LogP contribution in [0.3, 0.4) is 0 Å². The molecule has 1 saturated heterocycles. The van der Waals surface area contributed by atoms with E-state index in [1.807, 2.05) is 11.3 Å². The number of hydrogen-bond acceptors (Lipinski definition) is 3. The molecule has 3 aliphatic rings. The molecule has 114 valence electrons. The molecule has 3 heterocycles. The molecule has 3 nitrogen and oxygen atoms in total. The van der Waals surface area contributed by atoms with E-state index in [2.05, 4.69) is 28.6 Å². The molecule has 1 N–H and O–H groups in total. The van der Waals surface area contributed by atoms with Crippen LogP contribution < -0.4 is 5.32 Å². The highest BCUT2D eigenvalue weighted by Gasteiger charge is 2.45. The Labute approximate surface area is 130 Å². The summed E-state index contributed by atoms with van der Waals surface area (Å²) in [5, 5.41) is 5.71. The highest BCUT2D eigenvalue weighted by Crippen LogP contribution is 2.41. The Morgan fingerprint density at radius 1 is 1.48 bits per heavy atom. The van der Waals surface area contributed by atoms with Crippen molar-refractivity contribution in [3.63, 3.8) is 0 Å². The van der Waals surface area contributed by atoms with Crippen LogP contribution in [0.4, 0.5) is 0 Å². The average Bonchev–Trinajstić information content (AvgIpc) is 3.20. The van der Waals surface area contributed by atoms with Crippen LogP contribution in [0.2, 0.25) is 0 Å².